The molecular formula is C75H146O17P2. The fourth-order valence-corrected chi connectivity index (χ4v) is 13.2. The van der Waals surface area contributed by atoms with Gasteiger partial charge in [0.15, 0.2) is 12.2 Å². The predicted molar refractivity (Wildman–Crippen MR) is 382 cm³/mol. The lowest BCUT2D eigenvalue weighted by atomic mass is 10.0. The molecule has 0 aliphatic carbocycles. The first-order valence-corrected chi connectivity index (χ1v) is 42.3. The molecule has 0 amide bonds. The minimum atomic E-state index is -4.95. The Bertz CT molecular complexity index is 1790. The molecule has 0 bridgehead atoms. The van der Waals surface area contributed by atoms with Crippen molar-refractivity contribution in [2.45, 2.75) is 418 Å². The van der Waals surface area contributed by atoms with Gasteiger partial charge in [-0.25, -0.2) is 9.13 Å². The maximum Gasteiger partial charge on any atom is 0.472 e. The number of ether oxygens (including phenoxy) is 4. The lowest BCUT2D eigenvalue weighted by Gasteiger charge is -2.21. The Balaban J connectivity index is 5.13. The third-order valence-electron chi connectivity index (χ3n) is 17.6. The molecule has 19 heteroatoms. The predicted octanol–water partition coefficient (Wildman–Crippen LogP) is 22.2. The first-order chi connectivity index (χ1) is 45.7. The molecule has 2 unspecified atom stereocenters. The van der Waals surface area contributed by atoms with Crippen molar-refractivity contribution < 1.29 is 80.2 Å². The third-order valence-corrected chi connectivity index (χ3v) is 19.5. The van der Waals surface area contributed by atoms with E-state index in [4.69, 9.17) is 37.0 Å². The molecule has 0 saturated heterocycles. The van der Waals surface area contributed by atoms with Crippen LogP contribution in [-0.4, -0.2) is 96.7 Å². The second-order valence-corrected chi connectivity index (χ2v) is 29.9. The molecule has 0 radical (unpaired) electrons. The number of aliphatic hydroxyl groups excluding tert-OH is 1. The smallest absolute Gasteiger partial charge is 0.462 e. The van der Waals surface area contributed by atoms with E-state index in [1.165, 1.54) is 225 Å². The summed E-state index contributed by atoms with van der Waals surface area (Å²) in [5.41, 5.74) is 0. The van der Waals surface area contributed by atoms with Crippen molar-refractivity contribution in [2.75, 3.05) is 39.6 Å². The highest BCUT2D eigenvalue weighted by atomic mass is 31.2. The Morgan fingerprint density at radius 2 is 0.426 bits per heavy atom. The van der Waals surface area contributed by atoms with Crippen molar-refractivity contribution in [3.63, 3.8) is 0 Å². The molecule has 94 heavy (non-hydrogen) atoms. The van der Waals surface area contributed by atoms with Crippen LogP contribution in [0.5, 0.6) is 0 Å². The van der Waals surface area contributed by atoms with E-state index in [1.54, 1.807) is 0 Å². The molecule has 3 N–H and O–H groups in total. The summed E-state index contributed by atoms with van der Waals surface area (Å²) < 4.78 is 68.3. The van der Waals surface area contributed by atoms with Gasteiger partial charge in [0.1, 0.15) is 19.3 Å². The molecule has 5 atom stereocenters. The minimum absolute atomic E-state index is 0.108. The van der Waals surface area contributed by atoms with Gasteiger partial charge in [-0.3, -0.25) is 37.3 Å². The van der Waals surface area contributed by atoms with Gasteiger partial charge >= 0.3 is 39.5 Å². The van der Waals surface area contributed by atoms with Gasteiger partial charge in [0.25, 0.3) is 0 Å². The highest BCUT2D eigenvalue weighted by Crippen LogP contribution is 2.45. The largest absolute Gasteiger partial charge is 0.472 e. The molecule has 0 heterocycles. The molecule has 0 fully saturated rings. The number of aliphatic hydroxyl groups is 1. The molecule has 0 aliphatic heterocycles. The summed E-state index contributed by atoms with van der Waals surface area (Å²) in [6.45, 7) is 4.90. The number of carbonyl (C=O) groups excluding carboxylic acids is 4. The molecular weight excluding hydrogens is 1230 g/mol. The Kier molecular flexibility index (Phi) is 68.1. The number of hydrogen-bond donors (Lipinski definition) is 3. The summed E-state index contributed by atoms with van der Waals surface area (Å²) in [5.74, 6) is -2.12. The van der Waals surface area contributed by atoms with Crippen LogP contribution >= 0.6 is 15.6 Å². The quantitative estimate of drug-likeness (QED) is 0.0222. The summed E-state index contributed by atoms with van der Waals surface area (Å²) in [5, 5.41) is 10.6. The molecule has 0 aromatic carbocycles. The van der Waals surface area contributed by atoms with E-state index in [0.29, 0.717) is 25.7 Å². The maximum absolute atomic E-state index is 13.1. The highest BCUT2D eigenvalue weighted by molar-refractivity contribution is 7.47. The van der Waals surface area contributed by atoms with E-state index in [0.717, 1.165) is 96.3 Å². The number of phosphoric ester groups is 2. The number of unbranched alkanes of at least 4 members (excludes halogenated alkanes) is 50. The zero-order valence-corrected chi connectivity index (χ0v) is 62.7. The van der Waals surface area contributed by atoms with E-state index in [2.05, 4.69) is 27.7 Å². The van der Waals surface area contributed by atoms with Crippen LogP contribution in [0.2, 0.25) is 0 Å². The fraction of sp³-hybridized carbons (Fsp3) is 0.947. The third kappa shape index (κ3) is 68.6. The second kappa shape index (κ2) is 69.5. The Morgan fingerprint density at radius 3 is 0.628 bits per heavy atom. The van der Waals surface area contributed by atoms with Gasteiger partial charge in [0.2, 0.25) is 0 Å². The number of carbonyl (C=O) groups is 4. The standard InChI is InChI=1S/C75H146O17P2/c1-5-9-13-17-20-23-26-29-32-34-35-36-38-41-44-47-50-54-58-62-75(80)92-71(66-86-73(78)60-56-52-48-45-42-40-37-33-30-27-24-21-18-14-10-6-2)68-90-94(83,84)88-64-69(76)63-87-93(81,82)89-67-70(65-85-72(77)59-55-51-16-12-8-4)91-74(79)61-57-53-49-46-43-39-31-28-25-22-19-15-11-7-3/h69-71,76H,5-68H2,1-4H3,(H,81,82)(H,83,84)/t69-,70+,71+/m0/s1. The Morgan fingerprint density at radius 1 is 0.255 bits per heavy atom. The lowest BCUT2D eigenvalue weighted by molar-refractivity contribution is -0.161. The summed E-state index contributed by atoms with van der Waals surface area (Å²) in [7, 11) is -9.90. The van der Waals surface area contributed by atoms with E-state index >= 15 is 0 Å². The van der Waals surface area contributed by atoms with Crippen molar-refractivity contribution in [2.24, 2.45) is 0 Å². The summed E-state index contributed by atoms with van der Waals surface area (Å²) in [6.07, 6.45) is 60.0. The van der Waals surface area contributed by atoms with Crippen molar-refractivity contribution in [3.8, 4) is 0 Å². The molecule has 558 valence electrons. The number of esters is 4. The molecule has 0 rings (SSSR count). The zero-order valence-electron chi connectivity index (χ0n) is 60.9. The summed E-state index contributed by atoms with van der Waals surface area (Å²) in [4.78, 5) is 72.5. The SMILES string of the molecule is CCCCCCCCCCCCCCCCCCCCCC(=O)O[C@H](COC(=O)CCCCCCCCCCCCCCCCCC)COP(=O)(O)OC[C@@H](O)COP(=O)(O)OC[C@@H](COC(=O)CCCCCCC)OC(=O)CCCCCCCCCCCCCCCC. The van der Waals surface area contributed by atoms with Crippen molar-refractivity contribution in [1.29, 1.82) is 0 Å². The van der Waals surface area contributed by atoms with Gasteiger partial charge in [-0.1, -0.05) is 349 Å². The van der Waals surface area contributed by atoms with Gasteiger partial charge in [-0.05, 0) is 25.7 Å². The van der Waals surface area contributed by atoms with Crippen LogP contribution < -0.4 is 0 Å². The molecule has 17 nitrogen and oxygen atoms in total. The number of hydrogen-bond acceptors (Lipinski definition) is 15. The number of rotatable bonds is 76. The van der Waals surface area contributed by atoms with Crippen LogP contribution in [0.25, 0.3) is 0 Å². The average molecular weight is 1380 g/mol. The van der Waals surface area contributed by atoms with Crippen LogP contribution in [0.15, 0.2) is 0 Å². The normalized spacial score (nSPS) is 13.9. The Labute approximate surface area is 575 Å². The van der Waals surface area contributed by atoms with E-state index in [-0.39, 0.29) is 25.7 Å². The van der Waals surface area contributed by atoms with Crippen molar-refractivity contribution >= 4 is 39.5 Å². The summed E-state index contributed by atoms with van der Waals surface area (Å²) >= 11 is 0. The van der Waals surface area contributed by atoms with Crippen LogP contribution in [-0.2, 0) is 65.4 Å². The number of phosphoric acid groups is 2. The van der Waals surface area contributed by atoms with Crippen LogP contribution in [0.3, 0.4) is 0 Å². The van der Waals surface area contributed by atoms with Gasteiger partial charge < -0.3 is 33.8 Å². The first-order valence-electron chi connectivity index (χ1n) is 39.3. The first kappa shape index (κ1) is 92.1. The fourth-order valence-electron chi connectivity index (χ4n) is 11.6. The van der Waals surface area contributed by atoms with Crippen LogP contribution in [0.1, 0.15) is 400 Å². The molecule has 0 aromatic heterocycles. The maximum atomic E-state index is 13.1. The molecule has 0 spiro atoms. The monoisotopic (exact) mass is 1380 g/mol. The van der Waals surface area contributed by atoms with E-state index < -0.39 is 97.5 Å². The van der Waals surface area contributed by atoms with Gasteiger partial charge in [0, 0.05) is 25.7 Å². The van der Waals surface area contributed by atoms with Crippen LogP contribution in [0, 0.1) is 0 Å². The van der Waals surface area contributed by atoms with E-state index in [1.807, 2.05) is 0 Å². The second-order valence-electron chi connectivity index (χ2n) is 27.0. The highest BCUT2D eigenvalue weighted by Gasteiger charge is 2.30. The summed E-state index contributed by atoms with van der Waals surface area (Å²) in [6, 6.07) is 0. The van der Waals surface area contributed by atoms with Gasteiger partial charge in [0.05, 0.1) is 26.4 Å². The molecule has 0 saturated carbocycles. The lowest BCUT2D eigenvalue weighted by Crippen LogP contribution is -2.30. The minimum Gasteiger partial charge on any atom is -0.462 e. The topological polar surface area (TPSA) is 237 Å². The van der Waals surface area contributed by atoms with Gasteiger partial charge in [-0.15, -0.1) is 0 Å². The van der Waals surface area contributed by atoms with Crippen LogP contribution in [0.4, 0.5) is 0 Å². The average Bonchev–Trinajstić information content (AvgIpc) is 2.77. The Hall–Kier alpha value is -1.94. The molecule has 0 aromatic rings. The van der Waals surface area contributed by atoms with Gasteiger partial charge in [-0.2, -0.15) is 0 Å². The van der Waals surface area contributed by atoms with Crippen molar-refractivity contribution in [3.05, 3.63) is 0 Å². The molecule has 0 aliphatic rings. The van der Waals surface area contributed by atoms with Crippen molar-refractivity contribution in [1.82, 2.24) is 0 Å². The van der Waals surface area contributed by atoms with E-state index in [9.17, 15) is 43.2 Å². The zero-order chi connectivity index (χ0) is 69.0.